The van der Waals surface area contributed by atoms with Gasteiger partial charge >= 0.3 is 0 Å². The summed E-state index contributed by atoms with van der Waals surface area (Å²) in [6.45, 7) is 4.97. The zero-order valence-electron chi connectivity index (χ0n) is 10.4. The van der Waals surface area contributed by atoms with Crippen molar-refractivity contribution in [3.05, 3.63) is 35.9 Å². The van der Waals surface area contributed by atoms with Gasteiger partial charge in [-0.3, -0.25) is 4.90 Å². The molecule has 3 nitrogen and oxygen atoms in total. The molecule has 0 bridgehead atoms. The van der Waals surface area contributed by atoms with Crippen molar-refractivity contribution in [2.24, 2.45) is 0 Å². The summed E-state index contributed by atoms with van der Waals surface area (Å²) in [6.07, 6.45) is 1.23. The van der Waals surface area contributed by atoms with E-state index in [0.717, 1.165) is 26.1 Å². The highest BCUT2D eigenvalue weighted by Crippen LogP contribution is 2.16. The van der Waals surface area contributed by atoms with Crippen molar-refractivity contribution in [1.29, 1.82) is 0 Å². The molecule has 0 aliphatic carbocycles. The van der Waals surface area contributed by atoms with Crippen LogP contribution in [0.5, 0.6) is 0 Å². The molecule has 0 aromatic heterocycles. The molecule has 1 unspecified atom stereocenters. The topological polar surface area (TPSA) is 32.7 Å². The van der Waals surface area contributed by atoms with E-state index in [1.165, 1.54) is 5.56 Å². The fraction of sp³-hybridized carbons (Fsp3) is 0.571. The van der Waals surface area contributed by atoms with Crippen molar-refractivity contribution in [1.82, 2.24) is 4.90 Å². The Hall–Kier alpha value is -0.900. The minimum Gasteiger partial charge on any atom is -0.394 e. The summed E-state index contributed by atoms with van der Waals surface area (Å²) in [4.78, 5) is 2.37. The van der Waals surface area contributed by atoms with Gasteiger partial charge < -0.3 is 9.84 Å². The van der Waals surface area contributed by atoms with Crippen LogP contribution < -0.4 is 0 Å². The highest BCUT2D eigenvalue weighted by molar-refractivity contribution is 5.14. The lowest BCUT2D eigenvalue weighted by Gasteiger charge is -2.37. The summed E-state index contributed by atoms with van der Waals surface area (Å²) in [5, 5.41) is 9.24. The van der Waals surface area contributed by atoms with E-state index in [2.05, 4.69) is 36.1 Å². The molecule has 1 aromatic rings. The van der Waals surface area contributed by atoms with Gasteiger partial charge in [0.15, 0.2) is 0 Å². The molecule has 0 amide bonds. The molecule has 0 spiro atoms. The molecule has 0 radical (unpaired) electrons. The van der Waals surface area contributed by atoms with E-state index in [1.807, 2.05) is 6.07 Å². The average Bonchev–Trinajstić information content (AvgIpc) is 2.39. The Morgan fingerprint density at radius 3 is 2.59 bits per heavy atom. The minimum atomic E-state index is -0.0302. The maximum Gasteiger partial charge on any atom is 0.0936 e. The Balaban J connectivity index is 1.95. The Morgan fingerprint density at radius 1 is 1.24 bits per heavy atom. The van der Waals surface area contributed by atoms with Crippen LogP contribution in [0.2, 0.25) is 0 Å². The SMILES string of the molecule is CCC1CN(Cc2ccccc2)C[C@H](CO)O1. The fourth-order valence-corrected chi connectivity index (χ4v) is 2.31. The first-order chi connectivity index (χ1) is 8.31. The molecule has 1 fully saturated rings. The number of ether oxygens (including phenoxy) is 1. The van der Waals surface area contributed by atoms with Crippen LogP contribution in [0.1, 0.15) is 18.9 Å². The first-order valence-corrected chi connectivity index (χ1v) is 6.34. The number of aliphatic hydroxyl groups is 1. The van der Waals surface area contributed by atoms with Crippen LogP contribution in [0.4, 0.5) is 0 Å². The maximum atomic E-state index is 9.24. The number of benzene rings is 1. The second-order valence-electron chi connectivity index (χ2n) is 4.65. The standard InChI is InChI=1S/C14H21NO2/c1-2-13-9-15(10-14(11-16)17-13)8-12-6-4-3-5-7-12/h3-7,13-14,16H,2,8-11H2,1H3/t13?,14-/m1/s1. The summed E-state index contributed by atoms with van der Waals surface area (Å²) in [5.41, 5.74) is 1.32. The second-order valence-corrected chi connectivity index (χ2v) is 4.65. The Bertz CT molecular complexity index is 316. The molecule has 17 heavy (non-hydrogen) atoms. The van der Waals surface area contributed by atoms with Gasteiger partial charge in [0.2, 0.25) is 0 Å². The number of aliphatic hydroxyl groups excluding tert-OH is 1. The molecule has 1 N–H and O–H groups in total. The second kappa shape index (κ2) is 6.15. The molecule has 3 heteroatoms. The zero-order valence-corrected chi connectivity index (χ0v) is 10.4. The van der Waals surface area contributed by atoms with Gasteiger partial charge in [-0.25, -0.2) is 0 Å². The van der Waals surface area contributed by atoms with E-state index >= 15 is 0 Å². The van der Waals surface area contributed by atoms with E-state index in [-0.39, 0.29) is 18.8 Å². The van der Waals surface area contributed by atoms with E-state index < -0.39 is 0 Å². The monoisotopic (exact) mass is 235 g/mol. The van der Waals surface area contributed by atoms with Gasteiger partial charge in [0, 0.05) is 19.6 Å². The summed E-state index contributed by atoms with van der Waals surface area (Å²) >= 11 is 0. The highest BCUT2D eigenvalue weighted by Gasteiger charge is 2.26. The Morgan fingerprint density at radius 2 is 1.94 bits per heavy atom. The number of morpholine rings is 1. The first-order valence-electron chi connectivity index (χ1n) is 6.34. The van der Waals surface area contributed by atoms with Crippen LogP contribution in [0.3, 0.4) is 0 Å². The molecule has 1 aliphatic rings. The van der Waals surface area contributed by atoms with Gasteiger partial charge in [-0.2, -0.15) is 0 Å². The molecule has 0 saturated carbocycles. The lowest BCUT2D eigenvalue weighted by atomic mass is 10.1. The maximum absolute atomic E-state index is 9.24. The third-order valence-corrected chi connectivity index (χ3v) is 3.22. The van der Waals surface area contributed by atoms with Gasteiger partial charge in [-0.15, -0.1) is 0 Å². The van der Waals surface area contributed by atoms with Gasteiger partial charge in [0.05, 0.1) is 18.8 Å². The van der Waals surface area contributed by atoms with Gasteiger partial charge in [-0.05, 0) is 12.0 Å². The zero-order chi connectivity index (χ0) is 12.1. The lowest BCUT2D eigenvalue weighted by Crippen LogP contribution is -2.48. The van der Waals surface area contributed by atoms with Crippen LogP contribution in [0.25, 0.3) is 0 Å². The quantitative estimate of drug-likeness (QED) is 0.861. The van der Waals surface area contributed by atoms with Crippen molar-refractivity contribution in [3.63, 3.8) is 0 Å². The van der Waals surface area contributed by atoms with Crippen LogP contribution in [-0.4, -0.2) is 41.9 Å². The minimum absolute atomic E-state index is 0.0302. The van der Waals surface area contributed by atoms with Crippen LogP contribution >= 0.6 is 0 Å². The van der Waals surface area contributed by atoms with Gasteiger partial charge in [0.1, 0.15) is 0 Å². The van der Waals surface area contributed by atoms with Crippen molar-refractivity contribution in [2.75, 3.05) is 19.7 Å². The average molecular weight is 235 g/mol. The summed E-state index contributed by atoms with van der Waals surface area (Å²) < 4.78 is 5.76. The third kappa shape index (κ3) is 3.53. The first kappa shape index (κ1) is 12.6. The molecular formula is C14H21NO2. The van der Waals surface area contributed by atoms with E-state index in [0.29, 0.717) is 0 Å². The number of hydrogen-bond donors (Lipinski definition) is 1. The normalized spacial score (nSPS) is 26.0. The molecule has 2 rings (SSSR count). The fourth-order valence-electron chi connectivity index (χ4n) is 2.31. The molecule has 1 heterocycles. The molecular weight excluding hydrogens is 214 g/mol. The van der Waals surface area contributed by atoms with Crippen LogP contribution in [-0.2, 0) is 11.3 Å². The van der Waals surface area contributed by atoms with Crippen LogP contribution in [0, 0.1) is 0 Å². The molecule has 1 aliphatic heterocycles. The van der Waals surface area contributed by atoms with Gasteiger partial charge in [-0.1, -0.05) is 37.3 Å². The molecule has 1 aromatic carbocycles. The summed E-state index contributed by atoms with van der Waals surface area (Å²) in [7, 11) is 0. The van der Waals surface area contributed by atoms with Crippen molar-refractivity contribution in [2.45, 2.75) is 32.1 Å². The Kier molecular flexibility index (Phi) is 4.54. The third-order valence-electron chi connectivity index (χ3n) is 3.22. The predicted molar refractivity (Wildman–Crippen MR) is 67.8 cm³/mol. The van der Waals surface area contributed by atoms with E-state index in [1.54, 1.807) is 0 Å². The molecule has 2 atom stereocenters. The van der Waals surface area contributed by atoms with Crippen molar-refractivity contribution < 1.29 is 9.84 Å². The number of hydrogen-bond acceptors (Lipinski definition) is 3. The summed E-state index contributed by atoms with van der Waals surface area (Å²) in [5.74, 6) is 0. The largest absolute Gasteiger partial charge is 0.394 e. The predicted octanol–water partition coefficient (Wildman–Crippen LogP) is 1.66. The van der Waals surface area contributed by atoms with Crippen molar-refractivity contribution in [3.8, 4) is 0 Å². The summed E-state index contributed by atoms with van der Waals surface area (Å²) in [6, 6.07) is 10.5. The smallest absolute Gasteiger partial charge is 0.0936 e. The number of rotatable bonds is 4. The Labute approximate surface area is 103 Å². The van der Waals surface area contributed by atoms with E-state index in [4.69, 9.17) is 4.74 Å². The van der Waals surface area contributed by atoms with Crippen molar-refractivity contribution >= 4 is 0 Å². The highest BCUT2D eigenvalue weighted by atomic mass is 16.5. The molecule has 94 valence electrons. The van der Waals surface area contributed by atoms with Gasteiger partial charge in [0.25, 0.3) is 0 Å². The number of nitrogens with zero attached hydrogens (tertiary/aromatic N) is 1. The van der Waals surface area contributed by atoms with E-state index in [9.17, 15) is 5.11 Å². The van der Waals surface area contributed by atoms with Crippen LogP contribution in [0.15, 0.2) is 30.3 Å². The lowest BCUT2D eigenvalue weighted by molar-refractivity contribution is -0.105. The molecule has 1 saturated heterocycles.